The van der Waals surface area contributed by atoms with E-state index in [4.69, 9.17) is 4.52 Å². The fourth-order valence-electron chi connectivity index (χ4n) is 2.25. The number of hydrogen-bond donors (Lipinski definition) is 3. The maximum Gasteiger partial charge on any atom is 0.319 e. The van der Waals surface area contributed by atoms with E-state index in [2.05, 4.69) is 15.8 Å². The summed E-state index contributed by atoms with van der Waals surface area (Å²) in [6, 6.07) is 2.27. The second-order valence-corrected chi connectivity index (χ2v) is 5.62. The van der Waals surface area contributed by atoms with Crippen LogP contribution in [-0.4, -0.2) is 22.8 Å². The van der Waals surface area contributed by atoms with E-state index in [1.807, 2.05) is 6.92 Å². The quantitative estimate of drug-likeness (QED) is 0.782. The van der Waals surface area contributed by atoms with Gasteiger partial charge in [-0.15, -0.1) is 0 Å². The van der Waals surface area contributed by atoms with Gasteiger partial charge in [0.15, 0.2) is 5.76 Å². The molecule has 1 atom stereocenters. The highest BCUT2D eigenvalue weighted by molar-refractivity contribution is 5.90. The number of amides is 2. The lowest BCUT2D eigenvalue weighted by molar-refractivity contribution is 0.0561. The molecule has 0 aliphatic carbocycles. The molecule has 0 aliphatic rings. The maximum absolute atomic E-state index is 13.8. The molecule has 8 heteroatoms. The summed E-state index contributed by atoms with van der Waals surface area (Å²) in [5, 5.41) is 19.2. The van der Waals surface area contributed by atoms with Gasteiger partial charge in [-0.3, -0.25) is 0 Å². The van der Waals surface area contributed by atoms with Gasteiger partial charge in [0.1, 0.15) is 28.6 Å². The lowest BCUT2D eigenvalue weighted by Gasteiger charge is -2.24. The molecule has 24 heavy (non-hydrogen) atoms. The molecule has 0 spiro atoms. The Morgan fingerprint density at radius 1 is 1.42 bits per heavy atom. The number of aryl methyl sites for hydroxylation is 2. The zero-order chi connectivity index (χ0) is 17.9. The van der Waals surface area contributed by atoms with Crippen molar-refractivity contribution in [3.63, 3.8) is 0 Å². The first kappa shape index (κ1) is 17.9. The number of nitrogens with one attached hydrogen (secondary N) is 2. The lowest BCUT2D eigenvalue weighted by atomic mass is 9.95. The number of rotatable bonds is 5. The van der Waals surface area contributed by atoms with E-state index in [9.17, 15) is 18.7 Å². The summed E-state index contributed by atoms with van der Waals surface area (Å²) in [7, 11) is 0. The standard InChI is InChI=1S/C16H19F2N3O3/c1-4-13-14(9(2)24-21-13)20-15(22)19-8-16(3,23)11-6-5-10(17)7-12(11)18/h5-7,23H,4,8H2,1-3H3,(H2,19,20,22). The van der Waals surface area contributed by atoms with E-state index in [-0.39, 0.29) is 12.1 Å². The number of carbonyl (C=O) groups excluding carboxylic acids is 1. The highest BCUT2D eigenvalue weighted by Gasteiger charge is 2.27. The molecule has 0 bridgehead atoms. The Morgan fingerprint density at radius 3 is 2.75 bits per heavy atom. The van der Waals surface area contributed by atoms with Crippen LogP contribution >= 0.6 is 0 Å². The number of anilines is 1. The van der Waals surface area contributed by atoms with Crippen molar-refractivity contribution in [1.29, 1.82) is 0 Å². The molecule has 1 aromatic heterocycles. The predicted molar refractivity (Wildman–Crippen MR) is 83.6 cm³/mol. The molecule has 0 saturated carbocycles. The Balaban J connectivity index is 2.03. The number of aliphatic hydroxyl groups is 1. The third-order valence-electron chi connectivity index (χ3n) is 3.61. The molecule has 3 N–H and O–H groups in total. The summed E-state index contributed by atoms with van der Waals surface area (Å²) in [4.78, 5) is 12.0. The van der Waals surface area contributed by atoms with E-state index < -0.39 is 23.3 Å². The maximum atomic E-state index is 13.8. The molecule has 2 aromatic rings. The van der Waals surface area contributed by atoms with Gasteiger partial charge in [-0.1, -0.05) is 18.1 Å². The molecule has 2 amide bonds. The molecule has 1 aromatic carbocycles. The zero-order valence-corrected chi connectivity index (χ0v) is 13.6. The third kappa shape index (κ3) is 3.88. The number of benzene rings is 1. The van der Waals surface area contributed by atoms with Gasteiger partial charge in [-0.2, -0.15) is 0 Å². The van der Waals surface area contributed by atoms with Gasteiger partial charge in [0, 0.05) is 11.6 Å². The van der Waals surface area contributed by atoms with Gasteiger partial charge >= 0.3 is 6.03 Å². The second kappa shape index (κ2) is 6.96. The van der Waals surface area contributed by atoms with Gasteiger partial charge in [0.05, 0.1) is 6.54 Å². The van der Waals surface area contributed by atoms with Crippen molar-refractivity contribution in [2.24, 2.45) is 0 Å². The molecule has 6 nitrogen and oxygen atoms in total. The minimum absolute atomic E-state index is 0.111. The van der Waals surface area contributed by atoms with Crippen molar-refractivity contribution < 1.29 is 23.2 Å². The normalized spacial score (nSPS) is 13.4. The minimum atomic E-state index is -1.70. The largest absolute Gasteiger partial charge is 0.383 e. The van der Waals surface area contributed by atoms with Crippen LogP contribution in [0.1, 0.15) is 30.9 Å². The van der Waals surface area contributed by atoms with E-state index in [1.165, 1.54) is 6.92 Å². The Labute approximate surface area is 137 Å². The average molecular weight is 339 g/mol. The number of aromatic nitrogens is 1. The summed E-state index contributed by atoms with van der Waals surface area (Å²) in [6.45, 7) is 4.58. The van der Waals surface area contributed by atoms with E-state index in [0.717, 1.165) is 12.1 Å². The van der Waals surface area contributed by atoms with Crippen LogP contribution in [0.15, 0.2) is 22.7 Å². The van der Waals surface area contributed by atoms with Crippen molar-refractivity contribution in [1.82, 2.24) is 10.5 Å². The molecular formula is C16H19F2N3O3. The Bertz CT molecular complexity index is 744. The molecule has 0 aliphatic heterocycles. The lowest BCUT2D eigenvalue weighted by Crippen LogP contribution is -2.41. The van der Waals surface area contributed by atoms with Crippen molar-refractivity contribution in [2.75, 3.05) is 11.9 Å². The summed E-state index contributed by atoms with van der Waals surface area (Å²) in [5.74, 6) is -1.17. The van der Waals surface area contributed by atoms with E-state index in [0.29, 0.717) is 29.6 Å². The summed E-state index contributed by atoms with van der Waals surface area (Å²) in [5.41, 5.74) is -0.756. The van der Waals surface area contributed by atoms with Crippen LogP contribution in [0.5, 0.6) is 0 Å². The fourth-order valence-corrected chi connectivity index (χ4v) is 2.25. The van der Waals surface area contributed by atoms with E-state index >= 15 is 0 Å². The third-order valence-corrected chi connectivity index (χ3v) is 3.61. The van der Waals surface area contributed by atoms with Gasteiger partial charge in [-0.25, -0.2) is 13.6 Å². The Hall–Kier alpha value is -2.48. The van der Waals surface area contributed by atoms with Crippen LogP contribution in [0.25, 0.3) is 0 Å². The first-order chi connectivity index (χ1) is 11.2. The Morgan fingerprint density at radius 2 is 2.12 bits per heavy atom. The minimum Gasteiger partial charge on any atom is -0.383 e. The number of nitrogens with zero attached hydrogens (tertiary/aromatic N) is 1. The highest BCUT2D eigenvalue weighted by Crippen LogP contribution is 2.24. The fraction of sp³-hybridized carbons (Fsp3) is 0.375. The average Bonchev–Trinajstić information content (AvgIpc) is 2.85. The van der Waals surface area contributed by atoms with Gasteiger partial charge < -0.3 is 20.3 Å². The monoisotopic (exact) mass is 339 g/mol. The van der Waals surface area contributed by atoms with Crippen LogP contribution in [0.4, 0.5) is 19.3 Å². The topological polar surface area (TPSA) is 87.4 Å². The van der Waals surface area contributed by atoms with Crippen molar-refractivity contribution >= 4 is 11.7 Å². The van der Waals surface area contributed by atoms with Crippen molar-refractivity contribution in [3.8, 4) is 0 Å². The second-order valence-electron chi connectivity index (χ2n) is 5.62. The molecule has 1 heterocycles. The zero-order valence-electron chi connectivity index (χ0n) is 13.6. The summed E-state index contributed by atoms with van der Waals surface area (Å²) in [6.07, 6.45) is 0.575. The molecule has 0 radical (unpaired) electrons. The van der Waals surface area contributed by atoms with E-state index in [1.54, 1.807) is 6.92 Å². The first-order valence-corrected chi connectivity index (χ1v) is 7.42. The van der Waals surface area contributed by atoms with Crippen LogP contribution in [0, 0.1) is 18.6 Å². The molecule has 1 unspecified atom stereocenters. The van der Waals surface area contributed by atoms with Crippen LogP contribution in [-0.2, 0) is 12.0 Å². The van der Waals surface area contributed by atoms with Crippen LogP contribution < -0.4 is 10.6 Å². The van der Waals surface area contributed by atoms with Gasteiger partial charge in [-0.05, 0) is 26.3 Å². The number of urea groups is 1. The summed E-state index contributed by atoms with van der Waals surface area (Å²) >= 11 is 0. The predicted octanol–water partition coefficient (Wildman–Crippen LogP) is 2.85. The number of carbonyl (C=O) groups is 1. The summed E-state index contributed by atoms with van der Waals surface area (Å²) < 4.78 is 31.7. The van der Waals surface area contributed by atoms with Gasteiger partial charge in [0.2, 0.25) is 0 Å². The number of halogens is 2. The number of hydrogen-bond acceptors (Lipinski definition) is 4. The van der Waals surface area contributed by atoms with Crippen LogP contribution in [0.3, 0.4) is 0 Å². The molecule has 2 rings (SSSR count). The van der Waals surface area contributed by atoms with Crippen molar-refractivity contribution in [2.45, 2.75) is 32.8 Å². The Kier molecular flexibility index (Phi) is 5.18. The molecular weight excluding hydrogens is 320 g/mol. The molecule has 0 fully saturated rings. The van der Waals surface area contributed by atoms with Crippen LogP contribution in [0.2, 0.25) is 0 Å². The SMILES string of the molecule is CCc1noc(C)c1NC(=O)NCC(C)(O)c1ccc(F)cc1F. The highest BCUT2D eigenvalue weighted by atomic mass is 19.1. The smallest absolute Gasteiger partial charge is 0.319 e. The van der Waals surface area contributed by atoms with Crippen molar-refractivity contribution in [3.05, 3.63) is 46.9 Å². The molecule has 130 valence electrons. The van der Waals surface area contributed by atoms with Gasteiger partial charge in [0.25, 0.3) is 0 Å². The molecule has 0 saturated heterocycles. The first-order valence-electron chi connectivity index (χ1n) is 7.42.